The minimum absolute atomic E-state index is 0.00423. The van der Waals surface area contributed by atoms with Gasteiger partial charge < -0.3 is 15.2 Å². The highest BCUT2D eigenvalue weighted by Crippen LogP contribution is 2.76. The Morgan fingerprint density at radius 1 is 0.958 bits per heavy atom. The maximum absolute atomic E-state index is 13.6. The normalized spacial score (nSPS) is 39.8. The number of amides is 1. The van der Waals surface area contributed by atoms with Crippen molar-refractivity contribution in [3.8, 4) is 0 Å². The van der Waals surface area contributed by atoms with Crippen molar-refractivity contribution in [1.82, 2.24) is 10.2 Å². The number of methoxy groups -OCH3 is 1. The van der Waals surface area contributed by atoms with Gasteiger partial charge in [-0.1, -0.05) is 65.0 Å². The van der Waals surface area contributed by atoms with Gasteiger partial charge in [-0.05, 0) is 146 Å². The van der Waals surface area contributed by atoms with Gasteiger partial charge in [0.2, 0.25) is 5.91 Å². The fourth-order valence-corrected chi connectivity index (χ4v) is 13.1. The minimum atomic E-state index is -0.873. The SMILES string of the molecule is C=C(C)[C@@H]1CC[C@]2(NC(=O)CN(C)CCOC)CC[C@]3(C)[C@H](CCC4[C@@]5(C)CC=C(c6ccc(C(=O)O)cc6)C(C)(C)C5CC[C@]43C)C12. The van der Waals surface area contributed by atoms with Crippen molar-refractivity contribution < 1.29 is 19.4 Å². The van der Waals surface area contributed by atoms with Crippen LogP contribution in [0.15, 0.2) is 42.5 Å². The van der Waals surface area contributed by atoms with Crippen LogP contribution >= 0.6 is 0 Å². The summed E-state index contributed by atoms with van der Waals surface area (Å²) < 4.78 is 5.26. The molecule has 9 atom stereocenters. The Kier molecular flexibility index (Phi) is 9.15. The molecule has 0 spiro atoms. The second-order valence-corrected chi connectivity index (χ2v) is 18.0. The molecule has 0 bridgehead atoms. The van der Waals surface area contributed by atoms with Crippen LogP contribution in [0.4, 0.5) is 0 Å². The Bertz CT molecular complexity index is 1460. The van der Waals surface area contributed by atoms with E-state index in [1.165, 1.54) is 48.8 Å². The van der Waals surface area contributed by atoms with Crippen molar-refractivity contribution in [2.45, 2.75) is 105 Å². The lowest BCUT2D eigenvalue weighted by atomic mass is 9.33. The number of carbonyl (C=O) groups is 2. The first kappa shape index (κ1) is 35.4. The van der Waals surface area contributed by atoms with E-state index in [1.54, 1.807) is 19.2 Å². The highest BCUT2D eigenvalue weighted by atomic mass is 16.5. The van der Waals surface area contributed by atoms with Gasteiger partial charge in [0.25, 0.3) is 0 Å². The van der Waals surface area contributed by atoms with Crippen molar-refractivity contribution in [3.63, 3.8) is 0 Å². The van der Waals surface area contributed by atoms with Crippen molar-refractivity contribution in [3.05, 3.63) is 53.6 Å². The van der Waals surface area contributed by atoms with Crippen LogP contribution in [0.5, 0.6) is 0 Å². The molecule has 0 radical (unpaired) electrons. The summed E-state index contributed by atoms with van der Waals surface area (Å²) in [6.45, 7) is 21.4. The molecule has 1 amide bonds. The van der Waals surface area contributed by atoms with Crippen molar-refractivity contribution in [2.24, 2.45) is 51.2 Å². The summed E-state index contributed by atoms with van der Waals surface area (Å²) >= 11 is 0. The van der Waals surface area contributed by atoms with E-state index in [4.69, 9.17) is 4.74 Å². The van der Waals surface area contributed by atoms with E-state index in [2.05, 4.69) is 64.4 Å². The zero-order valence-electron chi connectivity index (χ0n) is 31.1. The van der Waals surface area contributed by atoms with Crippen molar-refractivity contribution >= 4 is 17.4 Å². The molecule has 48 heavy (non-hydrogen) atoms. The number of aromatic carboxylic acids is 1. The highest BCUT2D eigenvalue weighted by Gasteiger charge is 2.70. The third kappa shape index (κ3) is 5.34. The van der Waals surface area contributed by atoms with Gasteiger partial charge in [0.15, 0.2) is 0 Å². The number of nitrogens with zero attached hydrogens (tertiary/aromatic N) is 1. The molecule has 4 saturated carbocycles. The van der Waals surface area contributed by atoms with Gasteiger partial charge in [0.1, 0.15) is 0 Å². The van der Waals surface area contributed by atoms with Crippen LogP contribution in [-0.4, -0.2) is 61.3 Å². The van der Waals surface area contributed by atoms with E-state index < -0.39 is 5.97 Å². The number of nitrogens with one attached hydrogen (secondary N) is 1. The fraction of sp³-hybridized carbons (Fsp3) is 0.714. The van der Waals surface area contributed by atoms with Gasteiger partial charge in [-0.15, -0.1) is 0 Å². The quantitative estimate of drug-likeness (QED) is 0.260. The molecule has 0 heterocycles. The monoisotopic (exact) mass is 658 g/mol. The number of benzene rings is 1. The summed E-state index contributed by atoms with van der Waals surface area (Å²) in [6.07, 6.45) is 13.0. The molecule has 1 aromatic rings. The van der Waals surface area contributed by atoms with E-state index >= 15 is 0 Å². The standard InChI is InChI=1S/C42H62N2O4/c1-27(2)30-16-21-42(43-35(45)26-44(8)24-25-48-9)23-22-40(6)32(36(30)42)14-15-34-39(5)19-17-31(28-10-12-29(13-11-28)37(46)47)38(3,4)33(39)18-20-41(34,40)7/h10-13,17,30,32-34,36H,1,14-16,18-26H2,2-9H3,(H,43,45)(H,46,47)/t30-,32+,33?,34?,36?,39-,40+,41+,42-/m0/s1. The number of carboxylic acid groups (broad SMARTS) is 1. The van der Waals surface area contributed by atoms with Crippen molar-refractivity contribution in [1.29, 1.82) is 0 Å². The predicted molar refractivity (Wildman–Crippen MR) is 194 cm³/mol. The molecule has 6 heteroatoms. The van der Waals surface area contributed by atoms with Gasteiger partial charge in [-0.3, -0.25) is 9.69 Å². The second kappa shape index (κ2) is 12.4. The van der Waals surface area contributed by atoms with Crippen LogP contribution in [0.1, 0.15) is 115 Å². The average Bonchev–Trinajstić information content (AvgIpc) is 3.39. The Morgan fingerprint density at radius 2 is 1.67 bits per heavy atom. The van der Waals surface area contributed by atoms with Gasteiger partial charge in [-0.25, -0.2) is 4.79 Å². The zero-order chi connectivity index (χ0) is 34.9. The van der Waals surface area contributed by atoms with E-state index in [9.17, 15) is 14.7 Å². The molecule has 264 valence electrons. The van der Waals surface area contributed by atoms with Gasteiger partial charge in [0.05, 0.1) is 18.7 Å². The maximum atomic E-state index is 13.6. The number of carbonyl (C=O) groups excluding carboxylic acids is 1. The summed E-state index contributed by atoms with van der Waals surface area (Å²) in [6, 6.07) is 7.55. The fourth-order valence-electron chi connectivity index (χ4n) is 13.1. The van der Waals surface area contributed by atoms with Crippen LogP contribution in [0, 0.1) is 51.2 Å². The van der Waals surface area contributed by atoms with E-state index in [0.29, 0.717) is 48.3 Å². The summed E-state index contributed by atoms with van der Waals surface area (Å²) in [5.41, 5.74) is 4.68. The molecule has 4 fully saturated rings. The maximum Gasteiger partial charge on any atom is 0.335 e. The van der Waals surface area contributed by atoms with Crippen LogP contribution < -0.4 is 5.32 Å². The Labute approximate surface area is 290 Å². The van der Waals surface area contributed by atoms with Crippen molar-refractivity contribution in [2.75, 3.05) is 33.9 Å². The number of rotatable bonds is 9. The highest BCUT2D eigenvalue weighted by molar-refractivity contribution is 5.88. The Hall–Kier alpha value is -2.44. The minimum Gasteiger partial charge on any atom is -0.478 e. The third-order valence-electron chi connectivity index (χ3n) is 15.6. The summed E-state index contributed by atoms with van der Waals surface area (Å²) in [4.78, 5) is 27.2. The van der Waals surface area contributed by atoms with Gasteiger partial charge >= 0.3 is 5.97 Å². The summed E-state index contributed by atoms with van der Waals surface area (Å²) in [5.74, 6) is 1.95. The molecule has 5 aliphatic carbocycles. The van der Waals surface area contributed by atoms with E-state index in [0.717, 1.165) is 32.2 Å². The lowest BCUT2D eigenvalue weighted by Crippen LogP contribution is -2.68. The molecule has 0 aromatic heterocycles. The Balaban J connectivity index is 1.30. The molecule has 3 unspecified atom stereocenters. The summed E-state index contributed by atoms with van der Waals surface area (Å²) in [5, 5.41) is 13.2. The van der Waals surface area contributed by atoms with Crippen LogP contribution in [-0.2, 0) is 9.53 Å². The molecule has 6 nitrogen and oxygen atoms in total. The predicted octanol–water partition coefficient (Wildman–Crippen LogP) is 8.48. The zero-order valence-corrected chi connectivity index (χ0v) is 31.1. The molecule has 0 aliphatic heterocycles. The first-order chi connectivity index (χ1) is 22.5. The van der Waals surface area contributed by atoms with Gasteiger partial charge in [0, 0.05) is 19.2 Å². The number of likely N-dealkylation sites (N-methyl/N-ethyl adjacent to an activating group) is 1. The number of fused-ring (bicyclic) bond motifs is 7. The third-order valence-corrected chi connectivity index (χ3v) is 15.6. The first-order valence-corrected chi connectivity index (χ1v) is 18.7. The molecular weight excluding hydrogens is 596 g/mol. The molecule has 2 N–H and O–H groups in total. The van der Waals surface area contributed by atoms with E-state index in [1.807, 2.05) is 19.2 Å². The molecule has 0 saturated heterocycles. The Morgan fingerprint density at radius 3 is 2.31 bits per heavy atom. The van der Waals surface area contributed by atoms with Crippen LogP contribution in [0.25, 0.3) is 5.57 Å². The second-order valence-electron chi connectivity index (χ2n) is 18.0. The van der Waals surface area contributed by atoms with Gasteiger partial charge in [-0.2, -0.15) is 0 Å². The number of allylic oxidation sites excluding steroid dienone is 3. The average molecular weight is 659 g/mol. The molecule has 5 aliphatic rings. The largest absolute Gasteiger partial charge is 0.478 e. The smallest absolute Gasteiger partial charge is 0.335 e. The lowest BCUT2D eigenvalue weighted by Gasteiger charge is -2.72. The number of hydrogen-bond donors (Lipinski definition) is 2. The first-order valence-electron chi connectivity index (χ1n) is 18.7. The molecular formula is C42H62N2O4. The number of hydrogen-bond acceptors (Lipinski definition) is 4. The summed E-state index contributed by atoms with van der Waals surface area (Å²) in [7, 11) is 3.72. The van der Waals surface area contributed by atoms with Crippen LogP contribution in [0.3, 0.4) is 0 Å². The number of carboxylic acids is 1. The van der Waals surface area contributed by atoms with Crippen LogP contribution in [0.2, 0.25) is 0 Å². The number of ether oxygens (including phenoxy) is 1. The lowest BCUT2D eigenvalue weighted by molar-refractivity contribution is -0.219. The molecule has 6 rings (SSSR count). The molecule has 1 aromatic carbocycles. The van der Waals surface area contributed by atoms with E-state index in [-0.39, 0.29) is 33.1 Å². The topological polar surface area (TPSA) is 78.9 Å².